The Balaban J connectivity index is 2.20. The van der Waals surface area contributed by atoms with Gasteiger partial charge >= 0.3 is 0 Å². The molecule has 96 valence electrons. The first-order chi connectivity index (χ1) is 7.86. The van der Waals surface area contributed by atoms with E-state index in [4.69, 9.17) is 9.88 Å². The van der Waals surface area contributed by atoms with Gasteiger partial charge in [-0.3, -0.25) is 0 Å². The largest absolute Gasteiger partial charge is 0.372 e. The lowest BCUT2D eigenvalue weighted by molar-refractivity contribution is -0.00522. The maximum atomic E-state index is 11.2. The molecule has 0 saturated carbocycles. The average molecular weight is 277 g/mol. The molecule has 2 rings (SSSR count). The van der Waals surface area contributed by atoms with Crippen molar-refractivity contribution in [1.82, 2.24) is 4.98 Å². The molecule has 1 saturated heterocycles. The first-order valence-electron chi connectivity index (χ1n) is 5.25. The molecule has 2 atom stereocenters. The predicted molar refractivity (Wildman–Crippen MR) is 65.7 cm³/mol. The van der Waals surface area contributed by atoms with Gasteiger partial charge in [0.25, 0.3) is 0 Å². The molecular weight excluding hydrogens is 262 g/mol. The molecule has 0 radical (unpaired) electrons. The van der Waals surface area contributed by atoms with Crippen LogP contribution in [0.5, 0.6) is 0 Å². The van der Waals surface area contributed by atoms with E-state index >= 15 is 0 Å². The number of primary sulfonamides is 1. The van der Waals surface area contributed by atoms with Crippen LogP contribution in [0, 0.1) is 0 Å². The molecule has 1 aliphatic rings. The molecule has 6 nitrogen and oxygen atoms in total. The van der Waals surface area contributed by atoms with Gasteiger partial charge in [0.2, 0.25) is 10.0 Å². The van der Waals surface area contributed by atoms with Crippen LogP contribution in [-0.2, 0) is 14.8 Å². The Morgan fingerprint density at radius 1 is 1.47 bits per heavy atom. The summed E-state index contributed by atoms with van der Waals surface area (Å²) in [6.45, 7) is 5.39. The highest BCUT2D eigenvalue weighted by Crippen LogP contribution is 2.27. The van der Waals surface area contributed by atoms with Crippen LogP contribution in [0.1, 0.15) is 13.8 Å². The Bertz CT molecular complexity index is 489. The van der Waals surface area contributed by atoms with Crippen molar-refractivity contribution >= 4 is 26.5 Å². The van der Waals surface area contributed by atoms with Crippen molar-refractivity contribution in [1.29, 1.82) is 0 Å². The number of thiazole rings is 1. The zero-order chi connectivity index (χ0) is 12.6. The molecule has 0 bridgehead atoms. The van der Waals surface area contributed by atoms with E-state index in [1.54, 1.807) is 0 Å². The molecule has 0 aliphatic carbocycles. The van der Waals surface area contributed by atoms with Crippen LogP contribution in [0.2, 0.25) is 0 Å². The first-order valence-corrected chi connectivity index (χ1v) is 7.61. The minimum atomic E-state index is -3.65. The van der Waals surface area contributed by atoms with Gasteiger partial charge in [0.15, 0.2) is 9.34 Å². The normalized spacial score (nSPS) is 26.2. The fraction of sp³-hybridized carbons (Fsp3) is 0.667. The molecular formula is C9H15N3O3S2. The maximum absolute atomic E-state index is 11.2. The van der Waals surface area contributed by atoms with Crippen LogP contribution < -0.4 is 10.0 Å². The molecule has 0 amide bonds. The minimum Gasteiger partial charge on any atom is -0.372 e. The monoisotopic (exact) mass is 277 g/mol. The molecule has 1 fully saturated rings. The van der Waals surface area contributed by atoms with Crippen LogP contribution in [0.3, 0.4) is 0 Å². The number of anilines is 1. The van der Waals surface area contributed by atoms with Crippen LogP contribution in [0.25, 0.3) is 0 Å². The van der Waals surface area contributed by atoms with Crippen molar-refractivity contribution < 1.29 is 13.2 Å². The zero-order valence-electron chi connectivity index (χ0n) is 9.66. The van der Waals surface area contributed by atoms with Crippen LogP contribution in [-0.4, -0.2) is 38.7 Å². The highest BCUT2D eigenvalue weighted by atomic mass is 32.2. The Hall–Kier alpha value is -0.700. The van der Waals surface area contributed by atoms with Gasteiger partial charge in [-0.1, -0.05) is 11.3 Å². The van der Waals surface area contributed by atoms with Gasteiger partial charge in [-0.05, 0) is 13.8 Å². The molecule has 1 aliphatic heterocycles. The van der Waals surface area contributed by atoms with Gasteiger partial charge in [0.1, 0.15) is 0 Å². The van der Waals surface area contributed by atoms with Gasteiger partial charge in [0.05, 0.1) is 18.4 Å². The smallest absolute Gasteiger partial charge is 0.249 e. The fourth-order valence-corrected chi connectivity index (χ4v) is 3.42. The number of nitrogens with zero attached hydrogens (tertiary/aromatic N) is 2. The Morgan fingerprint density at radius 3 is 2.53 bits per heavy atom. The van der Waals surface area contributed by atoms with Gasteiger partial charge in [-0.2, -0.15) is 0 Å². The molecule has 1 aromatic rings. The van der Waals surface area contributed by atoms with Crippen molar-refractivity contribution in [2.24, 2.45) is 5.14 Å². The SMILES string of the molecule is C[C@H]1CN(c2ncc(S(N)(=O)=O)s2)C[C@H](C)O1. The molecule has 0 spiro atoms. The summed E-state index contributed by atoms with van der Waals surface area (Å²) in [6.07, 6.45) is 1.53. The van der Waals surface area contributed by atoms with Gasteiger partial charge in [-0.15, -0.1) is 0 Å². The first kappa shape index (κ1) is 12.7. The number of hydrogen-bond acceptors (Lipinski definition) is 6. The third-order valence-corrected chi connectivity index (χ3v) is 4.91. The lowest BCUT2D eigenvalue weighted by atomic mass is 10.2. The summed E-state index contributed by atoms with van der Waals surface area (Å²) >= 11 is 1.10. The van der Waals surface area contributed by atoms with E-state index in [9.17, 15) is 8.42 Å². The number of nitrogens with two attached hydrogens (primary N) is 1. The summed E-state index contributed by atoms with van der Waals surface area (Å²) in [4.78, 5) is 6.13. The summed E-state index contributed by atoms with van der Waals surface area (Å²) in [6, 6.07) is 0. The second-order valence-corrected chi connectivity index (χ2v) is 6.97. The number of rotatable bonds is 2. The lowest BCUT2D eigenvalue weighted by Crippen LogP contribution is -2.45. The Labute approximate surface area is 104 Å². The van der Waals surface area contributed by atoms with Gasteiger partial charge in [0, 0.05) is 13.1 Å². The minimum absolute atomic E-state index is 0.0966. The van der Waals surface area contributed by atoms with E-state index < -0.39 is 10.0 Å². The van der Waals surface area contributed by atoms with Crippen LogP contribution >= 0.6 is 11.3 Å². The molecule has 1 aromatic heterocycles. The third kappa shape index (κ3) is 2.95. The Morgan fingerprint density at radius 2 is 2.06 bits per heavy atom. The summed E-state index contributed by atoms with van der Waals surface area (Å²) in [5.74, 6) is 0. The third-order valence-electron chi connectivity index (χ3n) is 2.44. The summed E-state index contributed by atoms with van der Waals surface area (Å²) in [5.41, 5.74) is 0. The highest BCUT2D eigenvalue weighted by Gasteiger charge is 2.25. The van der Waals surface area contributed by atoms with E-state index in [1.807, 2.05) is 18.7 Å². The second kappa shape index (κ2) is 4.52. The molecule has 8 heteroatoms. The van der Waals surface area contributed by atoms with Crippen molar-refractivity contribution in [2.45, 2.75) is 30.3 Å². The standard InChI is InChI=1S/C9H15N3O3S2/c1-6-4-12(5-7(2)15-6)9-11-3-8(16-9)17(10,13)14/h3,6-7H,4-5H2,1-2H3,(H2,10,13,14)/t6-,7-/m0/s1. The van der Waals surface area contributed by atoms with Crippen molar-refractivity contribution in [3.8, 4) is 0 Å². The Kier molecular flexibility index (Phi) is 3.39. The maximum Gasteiger partial charge on any atom is 0.249 e. The van der Waals surface area contributed by atoms with Gasteiger partial charge < -0.3 is 9.64 Å². The molecule has 2 heterocycles. The average Bonchev–Trinajstić information content (AvgIpc) is 2.63. The van der Waals surface area contributed by atoms with E-state index in [2.05, 4.69) is 4.98 Å². The van der Waals surface area contributed by atoms with Gasteiger partial charge in [-0.25, -0.2) is 18.5 Å². The predicted octanol–water partition coefficient (Wildman–Crippen LogP) is 0.404. The van der Waals surface area contributed by atoms with E-state index in [0.717, 1.165) is 11.3 Å². The number of sulfonamides is 1. The van der Waals surface area contributed by atoms with E-state index in [-0.39, 0.29) is 16.4 Å². The highest BCUT2D eigenvalue weighted by molar-refractivity contribution is 7.91. The van der Waals surface area contributed by atoms with E-state index in [0.29, 0.717) is 18.2 Å². The zero-order valence-corrected chi connectivity index (χ0v) is 11.3. The molecule has 0 aromatic carbocycles. The van der Waals surface area contributed by atoms with Crippen molar-refractivity contribution in [3.05, 3.63) is 6.20 Å². The number of ether oxygens (including phenoxy) is 1. The number of aromatic nitrogens is 1. The van der Waals surface area contributed by atoms with Crippen LogP contribution in [0.4, 0.5) is 5.13 Å². The summed E-state index contributed by atoms with van der Waals surface area (Å²) < 4.78 is 28.0. The van der Waals surface area contributed by atoms with Crippen molar-refractivity contribution in [2.75, 3.05) is 18.0 Å². The quantitative estimate of drug-likeness (QED) is 0.846. The van der Waals surface area contributed by atoms with E-state index in [1.165, 1.54) is 6.20 Å². The lowest BCUT2D eigenvalue weighted by Gasteiger charge is -2.35. The topological polar surface area (TPSA) is 85.5 Å². The number of hydrogen-bond donors (Lipinski definition) is 1. The second-order valence-electron chi connectivity index (χ2n) is 4.17. The molecule has 2 N–H and O–H groups in total. The van der Waals surface area contributed by atoms with Crippen LogP contribution in [0.15, 0.2) is 10.4 Å². The molecule has 0 unspecified atom stereocenters. The molecule has 17 heavy (non-hydrogen) atoms. The number of morpholine rings is 1. The summed E-state index contributed by atoms with van der Waals surface area (Å²) in [7, 11) is -3.65. The summed E-state index contributed by atoms with van der Waals surface area (Å²) in [5, 5.41) is 5.73. The van der Waals surface area contributed by atoms with Crippen molar-refractivity contribution in [3.63, 3.8) is 0 Å². The fourth-order valence-electron chi connectivity index (χ4n) is 1.86.